The summed E-state index contributed by atoms with van der Waals surface area (Å²) in [4.78, 5) is 4.32. The van der Waals surface area contributed by atoms with Crippen molar-refractivity contribution in [3.8, 4) is 0 Å². The number of rotatable bonds is 2. The van der Waals surface area contributed by atoms with Crippen molar-refractivity contribution in [3.63, 3.8) is 0 Å². The molecule has 0 aliphatic carbocycles. The lowest BCUT2D eigenvalue weighted by Crippen LogP contribution is -2.30. The van der Waals surface area contributed by atoms with Crippen LogP contribution in [0.25, 0.3) is 0 Å². The molecule has 1 N–H and O–H groups in total. The highest BCUT2D eigenvalue weighted by Crippen LogP contribution is 2.34. The second-order valence-electron chi connectivity index (χ2n) is 4.46. The fourth-order valence-corrected chi connectivity index (χ4v) is 1.82. The molecular formula is C11H17ClN2. The van der Waals surface area contributed by atoms with Gasteiger partial charge in [0.15, 0.2) is 0 Å². The zero-order chi connectivity index (χ0) is 10.8. The maximum atomic E-state index is 6.10. The first-order chi connectivity index (χ1) is 6.46. The van der Waals surface area contributed by atoms with E-state index in [4.69, 9.17) is 11.6 Å². The summed E-state index contributed by atoms with van der Waals surface area (Å²) in [6.45, 7) is 6.50. The standard InChI is InChI=1S/C11H17ClN2/c1-11(2,3)10(13-4)9-8(12)6-5-7-14-9/h5-7,10,13H,1-4H3. The minimum absolute atomic E-state index is 0.104. The molecule has 0 amide bonds. The van der Waals surface area contributed by atoms with E-state index in [0.717, 1.165) is 10.7 Å². The fraction of sp³-hybridized carbons (Fsp3) is 0.545. The van der Waals surface area contributed by atoms with Crippen LogP contribution in [0.15, 0.2) is 18.3 Å². The Morgan fingerprint density at radius 1 is 1.43 bits per heavy atom. The minimum atomic E-state index is 0.104. The Kier molecular flexibility index (Phi) is 3.51. The average molecular weight is 213 g/mol. The van der Waals surface area contributed by atoms with Crippen LogP contribution in [0.4, 0.5) is 0 Å². The first-order valence-electron chi connectivity index (χ1n) is 4.74. The van der Waals surface area contributed by atoms with E-state index in [-0.39, 0.29) is 11.5 Å². The summed E-state index contributed by atoms with van der Waals surface area (Å²) in [5, 5.41) is 3.98. The van der Waals surface area contributed by atoms with E-state index in [1.807, 2.05) is 19.2 Å². The summed E-state index contributed by atoms with van der Waals surface area (Å²) >= 11 is 6.10. The van der Waals surface area contributed by atoms with Crippen LogP contribution in [-0.4, -0.2) is 12.0 Å². The topological polar surface area (TPSA) is 24.9 Å². The van der Waals surface area contributed by atoms with Gasteiger partial charge in [-0.25, -0.2) is 0 Å². The molecule has 0 radical (unpaired) electrons. The fourth-order valence-electron chi connectivity index (χ4n) is 1.59. The lowest BCUT2D eigenvalue weighted by atomic mass is 9.84. The van der Waals surface area contributed by atoms with E-state index in [9.17, 15) is 0 Å². The van der Waals surface area contributed by atoms with E-state index in [2.05, 4.69) is 31.1 Å². The van der Waals surface area contributed by atoms with Crippen molar-refractivity contribution in [3.05, 3.63) is 29.0 Å². The maximum Gasteiger partial charge on any atom is 0.0764 e. The predicted octanol–water partition coefficient (Wildman–Crippen LogP) is 3.04. The van der Waals surface area contributed by atoms with E-state index >= 15 is 0 Å². The average Bonchev–Trinajstić information content (AvgIpc) is 2.07. The first kappa shape index (κ1) is 11.5. The lowest BCUT2D eigenvalue weighted by Gasteiger charge is -2.30. The zero-order valence-electron chi connectivity index (χ0n) is 9.13. The van der Waals surface area contributed by atoms with Gasteiger partial charge in [0.2, 0.25) is 0 Å². The number of hydrogen-bond acceptors (Lipinski definition) is 2. The molecule has 3 heteroatoms. The van der Waals surface area contributed by atoms with Crippen molar-refractivity contribution >= 4 is 11.6 Å². The Hall–Kier alpha value is -0.600. The number of nitrogens with one attached hydrogen (secondary N) is 1. The van der Waals surface area contributed by atoms with E-state index in [1.165, 1.54) is 0 Å². The Balaban J connectivity index is 3.08. The van der Waals surface area contributed by atoms with Crippen molar-refractivity contribution in [2.24, 2.45) is 5.41 Å². The summed E-state index contributed by atoms with van der Waals surface area (Å²) in [5.74, 6) is 0. The zero-order valence-corrected chi connectivity index (χ0v) is 9.89. The van der Waals surface area contributed by atoms with Gasteiger partial charge in [-0.3, -0.25) is 4.98 Å². The molecule has 78 valence electrons. The molecule has 1 aromatic rings. The number of pyridine rings is 1. The second-order valence-corrected chi connectivity index (χ2v) is 4.87. The highest BCUT2D eigenvalue weighted by molar-refractivity contribution is 6.31. The maximum absolute atomic E-state index is 6.10. The summed E-state index contributed by atoms with van der Waals surface area (Å²) in [5.41, 5.74) is 1.02. The number of halogens is 1. The van der Waals surface area contributed by atoms with Gasteiger partial charge in [-0.1, -0.05) is 32.4 Å². The Bertz CT molecular complexity index is 304. The van der Waals surface area contributed by atoms with Crippen LogP contribution < -0.4 is 5.32 Å². The predicted molar refractivity (Wildman–Crippen MR) is 60.5 cm³/mol. The van der Waals surface area contributed by atoms with Gasteiger partial charge in [-0.15, -0.1) is 0 Å². The van der Waals surface area contributed by atoms with Crippen LogP contribution in [0.5, 0.6) is 0 Å². The molecule has 2 nitrogen and oxygen atoms in total. The highest BCUT2D eigenvalue weighted by Gasteiger charge is 2.27. The van der Waals surface area contributed by atoms with Crippen LogP contribution in [0.2, 0.25) is 5.02 Å². The van der Waals surface area contributed by atoms with Gasteiger partial charge in [0.1, 0.15) is 0 Å². The molecule has 0 saturated heterocycles. The van der Waals surface area contributed by atoms with Crippen molar-refractivity contribution < 1.29 is 0 Å². The third-order valence-electron chi connectivity index (χ3n) is 2.22. The van der Waals surface area contributed by atoms with Gasteiger partial charge in [-0.2, -0.15) is 0 Å². The SMILES string of the molecule is CNC(c1ncccc1Cl)C(C)(C)C. The minimum Gasteiger partial charge on any atom is -0.311 e. The third-order valence-corrected chi connectivity index (χ3v) is 2.53. The second kappa shape index (κ2) is 4.28. The highest BCUT2D eigenvalue weighted by atomic mass is 35.5. The summed E-state index contributed by atoms with van der Waals surface area (Å²) in [6.07, 6.45) is 1.78. The van der Waals surface area contributed by atoms with Crippen molar-refractivity contribution in [1.29, 1.82) is 0 Å². The summed E-state index contributed by atoms with van der Waals surface area (Å²) in [7, 11) is 1.93. The molecule has 1 atom stereocenters. The van der Waals surface area contributed by atoms with Crippen molar-refractivity contribution in [1.82, 2.24) is 10.3 Å². The third kappa shape index (κ3) is 2.46. The van der Waals surface area contributed by atoms with Gasteiger partial charge in [0.25, 0.3) is 0 Å². The monoisotopic (exact) mass is 212 g/mol. The molecule has 1 aromatic heterocycles. The quantitative estimate of drug-likeness (QED) is 0.815. The van der Waals surface area contributed by atoms with E-state index in [1.54, 1.807) is 6.20 Å². The van der Waals surface area contributed by atoms with Gasteiger partial charge in [-0.05, 0) is 24.6 Å². The summed E-state index contributed by atoms with van der Waals surface area (Å²) < 4.78 is 0. The number of hydrogen-bond donors (Lipinski definition) is 1. The van der Waals surface area contributed by atoms with Crippen molar-refractivity contribution in [2.75, 3.05) is 7.05 Å². The molecule has 0 bridgehead atoms. The molecule has 0 saturated carbocycles. The molecule has 0 aromatic carbocycles. The van der Waals surface area contributed by atoms with Gasteiger partial charge in [0, 0.05) is 6.20 Å². The van der Waals surface area contributed by atoms with Crippen LogP contribution in [0, 0.1) is 5.41 Å². The lowest BCUT2D eigenvalue weighted by molar-refractivity contribution is 0.282. The molecule has 0 spiro atoms. The molecule has 0 aliphatic heterocycles. The van der Waals surface area contributed by atoms with Crippen LogP contribution in [0.1, 0.15) is 32.5 Å². The Labute approximate surface area is 90.7 Å². The van der Waals surface area contributed by atoms with Crippen LogP contribution in [-0.2, 0) is 0 Å². The molecule has 1 unspecified atom stereocenters. The largest absolute Gasteiger partial charge is 0.311 e. The first-order valence-corrected chi connectivity index (χ1v) is 5.12. The number of nitrogens with zero attached hydrogens (tertiary/aromatic N) is 1. The van der Waals surface area contributed by atoms with Gasteiger partial charge >= 0.3 is 0 Å². The molecule has 0 aliphatic rings. The molecule has 0 fully saturated rings. The van der Waals surface area contributed by atoms with Crippen LogP contribution in [0.3, 0.4) is 0 Å². The summed E-state index contributed by atoms with van der Waals surface area (Å²) in [6, 6.07) is 3.90. The Morgan fingerprint density at radius 3 is 2.50 bits per heavy atom. The molecule has 1 rings (SSSR count). The van der Waals surface area contributed by atoms with Crippen molar-refractivity contribution in [2.45, 2.75) is 26.8 Å². The van der Waals surface area contributed by atoms with Gasteiger partial charge < -0.3 is 5.32 Å². The number of aromatic nitrogens is 1. The molecular weight excluding hydrogens is 196 g/mol. The molecule has 1 heterocycles. The van der Waals surface area contributed by atoms with Gasteiger partial charge in [0.05, 0.1) is 16.8 Å². The Morgan fingerprint density at radius 2 is 2.07 bits per heavy atom. The van der Waals surface area contributed by atoms with Crippen LogP contribution >= 0.6 is 11.6 Å². The van der Waals surface area contributed by atoms with E-state index in [0.29, 0.717) is 0 Å². The normalized spacial score (nSPS) is 14.1. The van der Waals surface area contributed by atoms with E-state index < -0.39 is 0 Å². The smallest absolute Gasteiger partial charge is 0.0764 e. The molecule has 14 heavy (non-hydrogen) atoms.